The van der Waals surface area contributed by atoms with Crippen molar-refractivity contribution < 1.29 is 14.2 Å². The molecule has 0 amide bonds. The number of hydrogen-bond acceptors (Lipinski definition) is 3. The fourth-order valence-corrected chi connectivity index (χ4v) is 3.29. The minimum atomic E-state index is -1.05. The van der Waals surface area contributed by atoms with E-state index in [1.54, 1.807) is 12.1 Å². The summed E-state index contributed by atoms with van der Waals surface area (Å²) in [4.78, 5) is 0. The number of thiophene rings is 1. The lowest BCUT2D eigenvalue weighted by Crippen LogP contribution is -2.05. The third-order valence-corrected chi connectivity index (χ3v) is 4.29. The molecular formula is C16H13FO2S. The number of aliphatic hydroxyl groups excluding tert-OH is 1. The van der Waals surface area contributed by atoms with Crippen LogP contribution in [0.1, 0.15) is 17.2 Å². The van der Waals surface area contributed by atoms with E-state index >= 15 is 0 Å². The van der Waals surface area contributed by atoms with Gasteiger partial charge >= 0.3 is 0 Å². The van der Waals surface area contributed by atoms with Crippen molar-refractivity contribution in [2.45, 2.75) is 6.10 Å². The highest BCUT2D eigenvalue weighted by Gasteiger charge is 2.21. The zero-order chi connectivity index (χ0) is 14.1. The molecule has 2 aromatic carbocycles. The highest BCUT2D eigenvalue weighted by Crippen LogP contribution is 2.36. The quantitative estimate of drug-likeness (QED) is 0.785. The van der Waals surface area contributed by atoms with Gasteiger partial charge in [-0.05, 0) is 29.0 Å². The molecule has 20 heavy (non-hydrogen) atoms. The van der Waals surface area contributed by atoms with E-state index < -0.39 is 11.9 Å². The molecule has 0 spiro atoms. The number of ether oxygens (including phenoxy) is 1. The molecule has 0 saturated carbocycles. The Balaban J connectivity index is 2.18. The van der Waals surface area contributed by atoms with Crippen LogP contribution in [0.25, 0.3) is 10.1 Å². The number of methoxy groups -OCH3 is 1. The average Bonchev–Trinajstić information content (AvgIpc) is 2.94. The fraction of sp³-hybridized carbons (Fsp3) is 0.125. The van der Waals surface area contributed by atoms with Crippen LogP contribution in [0.4, 0.5) is 4.39 Å². The van der Waals surface area contributed by atoms with Gasteiger partial charge in [-0.15, -0.1) is 11.3 Å². The van der Waals surface area contributed by atoms with Gasteiger partial charge in [0.05, 0.1) is 12.7 Å². The topological polar surface area (TPSA) is 29.5 Å². The molecule has 3 aromatic rings. The van der Waals surface area contributed by atoms with Crippen molar-refractivity contribution >= 4 is 21.4 Å². The Morgan fingerprint density at radius 3 is 2.75 bits per heavy atom. The monoisotopic (exact) mass is 288 g/mol. The molecule has 0 radical (unpaired) electrons. The molecule has 0 saturated heterocycles. The molecule has 1 unspecified atom stereocenters. The molecule has 0 fully saturated rings. The van der Waals surface area contributed by atoms with Crippen LogP contribution in [-0.4, -0.2) is 12.2 Å². The van der Waals surface area contributed by atoms with Crippen LogP contribution in [0, 0.1) is 5.82 Å². The Morgan fingerprint density at radius 1 is 1.15 bits per heavy atom. The first-order valence-electron chi connectivity index (χ1n) is 6.19. The summed E-state index contributed by atoms with van der Waals surface area (Å²) in [6.45, 7) is 0. The summed E-state index contributed by atoms with van der Waals surface area (Å²) in [5, 5.41) is 13.6. The van der Waals surface area contributed by atoms with Crippen molar-refractivity contribution in [3.8, 4) is 5.75 Å². The summed E-state index contributed by atoms with van der Waals surface area (Å²) in [7, 11) is 1.47. The van der Waals surface area contributed by atoms with Gasteiger partial charge in [-0.1, -0.05) is 24.3 Å². The molecule has 3 rings (SSSR count). The zero-order valence-electron chi connectivity index (χ0n) is 10.8. The second-order valence-corrected chi connectivity index (χ2v) is 5.36. The van der Waals surface area contributed by atoms with E-state index in [0.717, 1.165) is 10.1 Å². The van der Waals surface area contributed by atoms with Crippen molar-refractivity contribution in [1.82, 2.24) is 0 Å². The summed E-state index contributed by atoms with van der Waals surface area (Å²) in [6, 6.07) is 12.2. The summed E-state index contributed by atoms with van der Waals surface area (Å²) >= 11 is 1.53. The second-order valence-electron chi connectivity index (χ2n) is 4.44. The van der Waals surface area contributed by atoms with Crippen LogP contribution in [-0.2, 0) is 0 Å². The zero-order valence-corrected chi connectivity index (χ0v) is 11.7. The van der Waals surface area contributed by atoms with Crippen LogP contribution in [0.2, 0.25) is 0 Å². The minimum absolute atomic E-state index is 0.177. The Kier molecular flexibility index (Phi) is 3.42. The van der Waals surface area contributed by atoms with Crippen molar-refractivity contribution in [3.63, 3.8) is 0 Å². The molecule has 2 nitrogen and oxygen atoms in total. The standard InChI is InChI=1S/C16H13FO2S/c1-19-13-7-3-6-12(17)14(13)15(18)11-5-2-4-10-8-9-20-16(10)11/h2-9,15,18H,1H3. The maximum absolute atomic E-state index is 14.1. The van der Waals surface area contributed by atoms with Gasteiger partial charge in [-0.2, -0.15) is 0 Å². The second kappa shape index (κ2) is 5.23. The number of halogens is 1. The number of rotatable bonds is 3. The number of hydrogen-bond donors (Lipinski definition) is 1. The van der Waals surface area contributed by atoms with Gasteiger partial charge in [0.2, 0.25) is 0 Å². The molecule has 4 heteroatoms. The highest BCUT2D eigenvalue weighted by molar-refractivity contribution is 7.17. The van der Waals surface area contributed by atoms with Crippen molar-refractivity contribution in [2.75, 3.05) is 7.11 Å². The normalized spacial score (nSPS) is 12.6. The van der Waals surface area contributed by atoms with Crippen molar-refractivity contribution in [2.24, 2.45) is 0 Å². The molecular weight excluding hydrogens is 275 g/mol. The summed E-state index contributed by atoms with van der Waals surface area (Å²) in [5.41, 5.74) is 0.872. The molecule has 1 heterocycles. The van der Waals surface area contributed by atoms with Gasteiger partial charge in [0.1, 0.15) is 17.7 Å². The highest BCUT2D eigenvalue weighted by atomic mass is 32.1. The molecule has 0 aliphatic heterocycles. The van der Waals surface area contributed by atoms with E-state index in [1.165, 1.54) is 24.5 Å². The molecule has 0 aliphatic rings. The molecule has 0 aliphatic carbocycles. The molecule has 102 valence electrons. The predicted octanol–water partition coefficient (Wildman–Crippen LogP) is 4.13. The predicted molar refractivity (Wildman–Crippen MR) is 78.8 cm³/mol. The molecule has 1 aromatic heterocycles. The van der Waals surface area contributed by atoms with E-state index in [2.05, 4.69) is 0 Å². The lowest BCUT2D eigenvalue weighted by Gasteiger charge is -2.16. The van der Waals surface area contributed by atoms with Crippen LogP contribution in [0.5, 0.6) is 5.75 Å². The molecule has 0 bridgehead atoms. The molecule has 1 atom stereocenters. The lowest BCUT2D eigenvalue weighted by molar-refractivity contribution is 0.210. The van der Waals surface area contributed by atoms with Gasteiger partial charge in [0.25, 0.3) is 0 Å². The van der Waals surface area contributed by atoms with E-state index in [4.69, 9.17) is 4.74 Å². The number of aliphatic hydroxyl groups is 1. The SMILES string of the molecule is COc1cccc(F)c1C(O)c1cccc2ccsc12. The third kappa shape index (κ3) is 2.07. The first kappa shape index (κ1) is 13.1. The van der Waals surface area contributed by atoms with Gasteiger partial charge in [-0.25, -0.2) is 4.39 Å². The van der Waals surface area contributed by atoms with Crippen LogP contribution >= 0.6 is 11.3 Å². The Labute approximate surface area is 120 Å². The summed E-state index contributed by atoms with van der Waals surface area (Å²) < 4.78 is 20.2. The maximum atomic E-state index is 14.1. The van der Waals surface area contributed by atoms with Crippen molar-refractivity contribution in [3.05, 3.63) is 64.8 Å². The van der Waals surface area contributed by atoms with Gasteiger partial charge < -0.3 is 9.84 Å². The van der Waals surface area contributed by atoms with Gasteiger partial charge in [0.15, 0.2) is 0 Å². The lowest BCUT2D eigenvalue weighted by atomic mass is 9.99. The van der Waals surface area contributed by atoms with E-state index in [-0.39, 0.29) is 5.56 Å². The first-order valence-corrected chi connectivity index (χ1v) is 7.07. The largest absolute Gasteiger partial charge is 0.496 e. The Morgan fingerprint density at radius 2 is 1.95 bits per heavy atom. The molecule has 1 N–H and O–H groups in total. The van der Waals surface area contributed by atoms with Crippen LogP contribution < -0.4 is 4.74 Å². The van der Waals surface area contributed by atoms with Crippen LogP contribution in [0.15, 0.2) is 47.8 Å². The van der Waals surface area contributed by atoms with Crippen LogP contribution in [0.3, 0.4) is 0 Å². The summed E-state index contributed by atoms with van der Waals surface area (Å²) in [5.74, 6) is -0.114. The third-order valence-electron chi connectivity index (χ3n) is 3.31. The minimum Gasteiger partial charge on any atom is -0.496 e. The van der Waals surface area contributed by atoms with Gasteiger partial charge in [0, 0.05) is 10.3 Å². The maximum Gasteiger partial charge on any atom is 0.133 e. The number of fused-ring (bicyclic) bond motifs is 1. The fourth-order valence-electron chi connectivity index (χ4n) is 2.35. The Hall–Kier alpha value is -1.91. The number of benzene rings is 2. The van der Waals surface area contributed by atoms with Gasteiger partial charge in [-0.3, -0.25) is 0 Å². The van der Waals surface area contributed by atoms with E-state index in [0.29, 0.717) is 11.3 Å². The average molecular weight is 288 g/mol. The first-order chi connectivity index (χ1) is 9.72. The van der Waals surface area contributed by atoms with E-state index in [1.807, 2.05) is 29.6 Å². The Bertz CT molecular complexity index is 751. The van der Waals surface area contributed by atoms with E-state index in [9.17, 15) is 9.50 Å². The summed E-state index contributed by atoms with van der Waals surface area (Å²) in [6.07, 6.45) is -1.05. The van der Waals surface area contributed by atoms with Crippen molar-refractivity contribution in [1.29, 1.82) is 0 Å². The smallest absolute Gasteiger partial charge is 0.133 e.